The number of ether oxygens (including phenoxy) is 1. The fraction of sp³-hybridized carbons (Fsp3) is 0.303. The topological polar surface area (TPSA) is 157 Å². The molecule has 47 heavy (non-hydrogen) atoms. The fourth-order valence-electron chi connectivity index (χ4n) is 6.16. The van der Waals surface area contributed by atoms with Gasteiger partial charge in [-0.05, 0) is 78.9 Å². The highest BCUT2D eigenvalue weighted by Gasteiger charge is 2.40. The van der Waals surface area contributed by atoms with Gasteiger partial charge in [0, 0.05) is 26.1 Å². The molecular weight excluding hydrogens is 637 g/mol. The number of nitriles is 1. The van der Waals surface area contributed by atoms with E-state index >= 15 is 0 Å². The zero-order chi connectivity index (χ0) is 33.5. The summed E-state index contributed by atoms with van der Waals surface area (Å²) in [5.41, 5.74) is 3.87. The van der Waals surface area contributed by atoms with Crippen molar-refractivity contribution < 1.29 is 22.5 Å². The van der Waals surface area contributed by atoms with Gasteiger partial charge in [0.15, 0.2) is 17.0 Å². The Morgan fingerprint density at radius 2 is 1.98 bits per heavy atom. The Kier molecular flexibility index (Phi) is 8.47. The van der Waals surface area contributed by atoms with E-state index in [1.807, 2.05) is 6.92 Å². The van der Waals surface area contributed by atoms with Crippen molar-refractivity contribution in [3.8, 4) is 17.5 Å². The smallest absolute Gasteiger partial charge is 0.289 e. The summed E-state index contributed by atoms with van der Waals surface area (Å²) in [6.07, 6.45) is 3.79. The van der Waals surface area contributed by atoms with Gasteiger partial charge in [0.05, 0.1) is 40.0 Å². The Hall–Kier alpha value is -4.84. The van der Waals surface area contributed by atoms with Crippen LogP contribution < -0.4 is 4.31 Å². The molecule has 14 heteroatoms. The number of nitro benzene ring substituents is 1. The number of fused-ring (bicyclic) bond motifs is 2. The molecule has 0 radical (unpaired) electrons. The molecule has 0 N–H and O–H groups in total. The third kappa shape index (κ3) is 6.17. The second-order valence-electron chi connectivity index (χ2n) is 12.8. The number of benzene rings is 3. The number of sulfonamides is 1. The number of anilines is 1. The van der Waals surface area contributed by atoms with Gasteiger partial charge in [-0.15, -0.1) is 0 Å². The quantitative estimate of drug-likeness (QED) is 0.0626. The Labute approximate surface area is 273 Å². The molecule has 0 spiro atoms. The summed E-state index contributed by atoms with van der Waals surface area (Å²) in [6, 6.07) is 16.6. The van der Waals surface area contributed by atoms with Gasteiger partial charge < -0.3 is 9.15 Å². The van der Waals surface area contributed by atoms with Crippen LogP contribution in [0.3, 0.4) is 0 Å². The number of rotatable bonds is 11. The monoisotopic (exact) mass is 670 g/mol. The average molecular weight is 671 g/mol. The predicted molar refractivity (Wildman–Crippen MR) is 179 cm³/mol. The molecule has 5 aromatic rings. The molecule has 242 valence electrons. The Bertz CT molecular complexity index is 2130. The van der Waals surface area contributed by atoms with E-state index in [1.165, 1.54) is 41.2 Å². The molecule has 2 aromatic heterocycles. The average Bonchev–Trinajstić information content (AvgIpc) is 3.78. The number of para-hydroxylation sites is 1. The SMILES string of the molecule is Cc1cc(C#N)cc2c1C(N(c1ccc3c(c1)c(-c1cnco1)nn3COCC[Si](C)(C)C)S(=O)(=O)c1ccccc1[N+](=O)[O-])CC2. The van der Waals surface area contributed by atoms with Crippen molar-refractivity contribution in [2.45, 2.75) is 63.1 Å². The zero-order valence-electron chi connectivity index (χ0n) is 26.5. The number of nitro groups is 1. The minimum absolute atomic E-state index is 0.184. The van der Waals surface area contributed by atoms with E-state index in [9.17, 15) is 23.8 Å². The van der Waals surface area contributed by atoms with Gasteiger partial charge in [-0.2, -0.15) is 10.4 Å². The van der Waals surface area contributed by atoms with E-state index in [0.717, 1.165) is 22.7 Å². The summed E-state index contributed by atoms with van der Waals surface area (Å²) < 4.78 is 44.0. The molecule has 0 fully saturated rings. The number of hydrogen-bond donors (Lipinski definition) is 0. The number of nitrogens with zero attached hydrogens (tertiary/aromatic N) is 6. The Balaban J connectivity index is 1.53. The van der Waals surface area contributed by atoms with E-state index in [1.54, 1.807) is 35.0 Å². The van der Waals surface area contributed by atoms with Crippen molar-refractivity contribution in [1.29, 1.82) is 5.26 Å². The highest BCUT2D eigenvalue weighted by atomic mass is 32.2. The minimum Gasteiger partial charge on any atom is -0.442 e. The molecule has 0 saturated carbocycles. The van der Waals surface area contributed by atoms with Crippen LogP contribution in [0, 0.1) is 28.4 Å². The van der Waals surface area contributed by atoms with Crippen molar-refractivity contribution >= 4 is 40.4 Å². The van der Waals surface area contributed by atoms with Gasteiger partial charge >= 0.3 is 0 Å². The van der Waals surface area contributed by atoms with E-state index in [4.69, 9.17) is 14.3 Å². The molecule has 2 heterocycles. The summed E-state index contributed by atoms with van der Waals surface area (Å²) >= 11 is 0. The number of oxazole rings is 1. The van der Waals surface area contributed by atoms with Gasteiger partial charge in [-0.1, -0.05) is 31.8 Å². The van der Waals surface area contributed by atoms with Gasteiger partial charge in [-0.25, -0.2) is 18.1 Å². The molecule has 0 bridgehead atoms. The first-order chi connectivity index (χ1) is 22.4. The molecule has 3 aromatic carbocycles. The molecule has 0 saturated heterocycles. The van der Waals surface area contributed by atoms with E-state index in [2.05, 4.69) is 30.7 Å². The van der Waals surface area contributed by atoms with Crippen LogP contribution in [-0.4, -0.2) is 42.8 Å². The lowest BCUT2D eigenvalue weighted by Gasteiger charge is -2.32. The van der Waals surface area contributed by atoms with Gasteiger partial charge in [0.2, 0.25) is 0 Å². The Morgan fingerprint density at radius 1 is 1.19 bits per heavy atom. The van der Waals surface area contributed by atoms with Crippen LogP contribution in [0.15, 0.2) is 76.5 Å². The molecule has 1 aliphatic carbocycles. The standard InChI is InChI=1S/C33H34N6O6SSi/c1-22-15-23(18-34)16-24-9-11-29(32(22)24)38(46(42,43)31-8-6-5-7-28(31)39(40)41)25-10-12-27-26(17-25)33(30-19-35-20-45-30)36-37(27)21-44-13-14-47(2,3)4/h5-8,10,12,15-17,19-20,29H,9,11,13-14,21H2,1-4H3. The van der Waals surface area contributed by atoms with Gasteiger partial charge in [0.25, 0.3) is 15.7 Å². The van der Waals surface area contributed by atoms with Crippen LogP contribution in [0.5, 0.6) is 0 Å². The molecule has 1 atom stereocenters. The second-order valence-corrected chi connectivity index (χ2v) is 20.2. The molecule has 0 aliphatic heterocycles. The van der Waals surface area contributed by atoms with Crippen LogP contribution in [0.4, 0.5) is 11.4 Å². The molecule has 6 rings (SSSR count). The molecule has 12 nitrogen and oxygen atoms in total. The summed E-state index contributed by atoms with van der Waals surface area (Å²) in [6.45, 7) is 9.45. The van der Waals surface area contributed by atoms with Crippen LogP contribution in [0.1, 0.15) is 34.7 Å². The maximum Gasteiger partial charge on any atom is 0.289 e. The van der Waals surface area contributed by atoms with Gasteiger partial charge in [-0.3, -0.25) is 14.4 Å². The van der Waals surface area contributed by atoms with Crippen molar-refractivity contribution in [3.05, 3.63) is 99.6 Å². The lowest BCUT2D eigenvalue weighted by Crippen LogP contribution is -2.35. The van der Waals surface area contributed by atoms with Crippen LogP contribution >= 0.6 is 0 Å². The zero-order valence-corrected chi connectivity index (χ0v) is 28.3. The molecule has 1 aliphatic rings. The highest BCUT2D eigenvalue weighted by molar-refractivity contribution is 7.93. The third-order valence-corrected chi connectivity index (χ3v) is 12.0. The first-order valence-corrected chi connectivity index (χ1v) is 20.3. The van der Waals surface area contributed by atoms with E-state index in [-0.39, 0.29) is 6.73 Å². The normalized spacial score (nSPS) is 14.7. The summed E-state index contributed by atoms with van der Waals surface area (Å²) in [5.74, 6) is 0.396. The van der Waals surface area contributed by atoms with Crippen LogP contribution in [0.25, 0.3) is 22.4 Å². The maximum atomic E-state index is 14.7. The fourth-order valence-corrected chi connectivity index (χ4v) is 8.72. The van der Waals surface area contributed by atoms with Crippen molar-refractivity contribution in [2.75, 3.05) is 10.9 Å². The van der Waals surface area contributed by atoms with Crippen LogP contribution in [-0.2, 0) is 27.9 Å². The van der Waals surface area contributed by atoms with Crippen molar-refractivity contribution in [1.82, 2.24) is 14.8 Å². The predicted octanol–water partition coefficient (Wildman–Crippen LogP) is 6.97. The molecule has 1 unspecified atom stereocenters. The third-order valence-electron chi connectivity index (χ3n) is 8.37. The number of hydrogen-bond acceptors (Lipinski definition) is 9. The largest absolute Gasteiger partial charge is 0.442 e. The number of aromatic nitrogens is 3. The van der Waals surface area contributed by atoms with Gasteiger partial charge in [0.1, 0.15) is 12.4 Å². The second kappa shape index (κ2) is 12.4. The summed E-state index contributed by atoms with van der Waals surface area (Å²) in [7, 11) is -5.82. The van der Waals surface area contributed by atoms with E-state index in [0.29, 0.717) is 53.1 Å². The Morgan fingerprint density at radius 3 is 2.68 bits per heavy atom. The number of aryl methyl sites for hydroxylation is 2. The lowest BCUT2D eigenvalue weighted by atomic mass is 9.98. The van der Waals surface area contributed by atoms with E-state index < -0.39 is 39.6 Å². The summed E-state index contributed by atoms with van der Waals surface area (Å²) in [4.78, 5) is 15.0. The van der Waals surface area contributed by atoms with Crippen LogP contribution in [0.2, 0.25) is 25.7 Å². The van der Waals surface area contributed by atoms with Crippen molar-refractivity contribution in [3.63, 3.8) is 0 Å². The maximum absolute atomic E-state index is 14.7. The summed E-state index contributed by atoms with van der Waals surface area (Å²) in [5, 5.41) is 27.0. The molecular formula is C33H34N6O6SSi. The first kappa shape index (κ1) is 32.1. The minimum atomic E-state index is -4.51. The lowest BCUT2D eigenvalue weighted by molar-refractivity contribution is -0.387. The highest BCUT2D eigenvalue weighted by Crippen LogP contribution is 2.45. The van der Waals surface area contributed by atoms with Crippen molar-refractivity contribution in [2.24, 2.45) is 0 Å². The first-order valence-electron chi connectivity index (χ1n) is 15.2. The molecule has 0 amide bonds.